The van der Waals surface area contributed by atoms with E-state index in [0.717, 1.165) is 12.8 Å². The van der Waals surface area contributed by atoms with Crippen LogP contribution in [0.3, 0.4) is 0 Å². The zero-order valence-electron chi connectivity index (χ0n) is 12.3. The predicted octanol–water partition coefficient (Wildman–Crippen LogP) is 1.15. The van der Waals surface area contributed by atoms with Crippen molar-refractivity contribution in [2.24, 2.45) is 0 Å². The molecule has 1 fully saturated rings. The SMILES string of the molecule is CC(SCCC(NC=O)C(=O)O)C(=O)NC1CCCCC1. The molecule has 0 aromatic carbocycles. The van der Waals surface area contributed by atoms with Gasteiger partial charge in [-0.25, -0.2) is 4.79 Å². The number of nitrogens with one attached hydrogen (secondary N) is 2. The molecule has 0 spiro atoms. The van der Waals surface area contributed by atoms with Crippen molar-refractivity contribution < 1.29 is 19.5 Å². The highest BCUT2D eigenvalue weighted by molar-refractivity contribution is 8.00. The summed E-state index contributed by atoms with van der Waals surface area (Å²) < 4.78 is 0. The monoisotopic (exact) mass is 316 g/mol. The van der Waals surface area contributed by atoms with Crippen LogP contribution in [-0.2, 0) is 14.4 Å². The van der Waals surface area contributed by atoms with E-state index in [0.29, 0.717) is 18.6 Å². The Hall–Kier alpha value is -1.24. The Labute approximate surface area is 129 Å². The van der Waals surface area contributed by atoms with Crippen LogP contribution in [0.4, 0.5) is 0 Å². The molecule has 6 nitrogen and oxygen atoms in total. The van der Waals surface area contributed by atoms with Gasteiger partial charge in [0, 0.05) is 6.04 Å². The van der Waals surface area contributed by atoms with Gasteiger partial charge in [-0.05, 0) is 31.9 Å². The number of amides is 2. The molecule has 120 valence electrons. The van der Waals surface area contributed by atoms with Gasteiger partial charge in [-0.3, -0.25) is 9.59 Å². The summed E-state index contributed by atoms with van der Waals surface area (Å²) in [5.41, 5.74) is 0. The zero-order valence-corrected chi connectivity index (χ0v) is 13.2. The number of thioether (sulfide) groups is 1. The lowest BCUT2D eigenvalue weighted by Gasteiger charge is -2.24. The quantitative estimate of drug-likeness (QED) is 0.555. The molecule has 0 aliphatic heterocycles. The largest absolute Gasteiger partial charge is 0.480 e. The van der Waals surface area contributed by atoms with Gasteiger partial charge in [-0.1, -0.05) is 19.3 Å². The van der Waals surface area contributed by atoms with Crippen LogP contribution in [0.5, 0.6) is 0 Å². The molecule has 0 saturated heterocycles. The first-order valence-electron chi connectivity index (χ1n) is 7.39. The minimum Gasteiger partial charge on any atom is -0.480 e. The Kier molecular flexibility index (Phi) is 8.19. The lowest BCUT2D eigenvalue weighted by Crippen LogP contribution is -2.40. The summed E-state index contributed by atoms with van der Waals surface area (Å²) in [7, 11) is 0. The van der Waals surface area contributed by atoms with Crippen LogP contribution in [0.25, 0.3) is 0 Å². The van der Waals surface area contributed by atoms with Crippen molar-refractivity contribution in [1.29, 1.82) is 0 Å². The summed E-state index contributed by atoms with van der Waals surface area (Å²) in [5.74, 6) is -0.527. The van der Waals surface area contributed by atoms with Crippen LogP contribution in [0.1, 0.15) is 45.4 Å². The fraction of sp³-hybridized carbons (Fsp3) is 0.786. The van der Waals surface area contributed by atoms with Crippen LogP contribution < -0.4 is 10.6 Å². The fourth-order valence-corrected chi connectivity index (χ4v) is 3.31. The third-order valence-corrected chi connectivity index (χ3v) is 4.85. The Bertz CT molecular complexity index is 359. The van der Waals surface area contributed by atoms with Crippen LogP contribution >= 0.6 is 11.8 Å². The van der Waals surface area contributed by atoms with Crippen molar-refractivity contribution in [3.05, 3.63) is 0 Å². The van der Waals surface area contributed by atoms with Crippen molar-refractivity contribution in [2.75, 3.05) is 5.75 Å². The normalized spacial score (nSPS) is 18.5. The molecule has 7 heteroatoms. The van der Waals surface area contributed by atoms with Gasteiger partial charge in [-0.15, -0.1) is 11.8 Å². The predicted molar refractivity (Wildman–Crippen MR) is 82.2 cm³/mol. The Balaban J connectivity index is 2.25. The van der Waals surface area contributed by atoms with E-state index in [-0.39, 0.29) is 17.2 Å². The van der Waals surface area contributed by atoms with Crippen LogP contribution in [0.15, 0.2) is 0 Å². The maximum absolute atomic E-state index is 12.0. The Morgan fingerprint density at radius 1 is 1.33 bits per heavy atom. The third kappa shape index (κ3) is 6.84. The number of hydrogen-bond donors (Lipinski definition) is 3. The van der Waals surface area contributed by atoms with Crippen LogP contribution in [-0.4, -0.2) is 46.5 Å². The van der Waals surface area contributed by atoms with E-state index in [4.69, 9.17) is 5.11 Å². The van der Waals surface area contributed by atoms with Crippen molar-refractivity contribution in [1.82, 2.24) is 10.6 Å². The van der Waals surface area contributed by atoms with Gasteiger partial charge >= 0.3 is 5.97 Å². The molecule has 0 bridgehead atoms. The number of carboxylic acid groups (broad SMARTS) is 1. The van der Waals surface area contributed by atoms with Gasteiger partial charge < -0.3 is 15.7 Å². The molecular formula is C14H24N2O4S. The number of carbonyl (C=O) groups excluding carboxylic acids is 2. The molecule has 0 radical (unpaired) electrons. The van der Waals surface area contributed by atoms with E-state index in [1.807, 2.05) is 6.92 Å². The standard InChI is InChI=1S/C14H24N2O4S/c1-10(13(18)16-11-5-3-2-4-6-11)21-8-7-12(14(19)20)15-9-17/h9-12H,2-8H2,1H3,(H,15,17)(H,16,18)(H,19,20). The fourth-order valence-electron chi connectivity index (χ4n) is 2.36. The van der Waals surface area contributed by atoms with E-state index in [2.05, 4.69) is 10.6 Å². The highest BCUT2D eigenvalue weighted by Crippen LogP contribution is 2.19. The first-order chi connectivity index (χ1) is 10.0. The highest BCUT2D eigenvalue weighted by atomic mass is 32.2. The molecule has 1 aliphatic rings. The maximum Gasteiger partial charge on any atom is 0.326 e. The summed E-state index contributed by atoms with van der Waals surface area (Å²) >= 11 is 1.41. The number of aliphatic carboxylic acids is 1. The average molecular weight is 316 g/mol. The first kappa shape index (κ1) is 17.8. The maximum atomic E-state index is 12.0. The smallest absolute Gasteiger partial charge is 0.326 e. The minimum atomic E-state index is -1.05. The average Bonchev–Trinajstić information content (AvgIpc) is 2.47. The zero-order chi connectivity index (χ0) is 15.7. The highest BCUT2D eigenvalue weighted by Gasteiger charge is 2.21. The lowest BCUT2D eigenvalue weighted by molar-refractivity contribution is -0.140. The van der Waals surface area contributed by atoms with Gasteiger partial charge in [0.25, 0.3) is 0 Å². The first-order valence-corrected chi connectivity index (χ1v) is 8.44. The summed E-state index contributed by atoms with van der Waals surface area (Å²) in [6.45, 7) is 1.83. The van der Waals surface area contributed by atoms with Crippen molar-refractivity contribution >= 4 is 30.0 Å². The van der Waals surface area contributed by atoms with Crippen molar-refractivity contribution in [3.63, 3.8) is 0 Å². The molecule has 1 saturated carbocycles. The second kappa shape index (κ2) is 9.65. The number of rotatable bonds is 9. The Morgan fingerprint density at radius 3 is 2.57 bits per heavy atom. The third-order valence-electron chi connectivity index (χ3n) is 3.66. The second-order valence-electron chi connectivity index (χ2n) is 5.32. The molecule has 21 heavy (non-hydrogen) atoms. The lowest BCUT2D eigenvalue weighted by atomic mass is 9.95. The molecule has 3 N–H and O–H groups in total. The molecule has 0 heterocycles. The van der Waals surface area contributed by atoms with E-state index in [1.165, 1.54) is 31.0 Å². The van der Waals surface area contributed by atoms with Gasteiger partial charge in [-0.2, -0.15) is 0 Å². The second-order valence-corrected chi connectivity index (χ2v) is 6.77. The Morgan fingerprint density at radius 2 is 2.00 bits per heavy atom. The molecule has 1 rings (SSSR count). The molecule has 2 amide bonds. The van der Waals surface area contributed by atoms with Crippen LogP contribution in [0, 0.1) is 0 Å². The minimum absolute atomic E-state index is 0.0159. The van der Waals surface area contributed by atoms with E-state index < -0.39 is 12.0 Å². The molecule has 2 unspecified atom stereocenters. The van der Waals surface area contributed by atoms with Gasteiger partial charge in [0.2, 0.25) is 12.3 Å². The molecule has 0 aromatic rings. The van der Waals surface area contributed by atoms with Crippen molar-refractivity contribution in [3.8, 4) is 0 Å². The van der Waals surface area contributed by atoms with E-state index in [9.17, 15) is 14.4 Å². The molecule has 2 atom stereocenters. The van der Waals surface area contributed by atoms with Gasteiger partial charge in [0.05, 0.1) is 5.25 Å². The molecule has 1 aliphatic carbocycles. The van der Waals surface area contributed by atoms with Gasteiger partial charge in [0.1, 0.15) is 6.04 Å². The topological polar surface area (TPSA) is 95.5 Å². The van der Waals surface area contributed by atoms with Gasteiger partial charge in [0.15, 0.2) is 0 Å². The summed E-state index contributed by atoms with van der Waals surface area (Å²) in [4.78, 5) is 33.2. The molecular weight excluding hydrogens is 292 g/mol. The summed E-state index contributed by atoms with van der Waals surface area (Å²) in [6, 6.07) is -0.596. The van der Waals surface area contributed by atoms with E-state index in [1.54, 1.807) is 0 Å². The summed E-state index contributed by atoms with van der Waals surface area (Å²) in [5, 5.41) is 14.0. The number of hydrogen-bond acceptors (Lipinski definition) is 4. The number of carbonyl (C=O) groups is 3. The van der Waals surface area contributed by atoms with E-state index >= 15 is 0 Å². The summed E-state index contributed by atoms with van der Waals surface area (Å²) in [6.07, 6.45) is 6.38. The van der Waals surface area contributed by atoms with Crippen LogP contribution in [0.2, 0.25) is 0 Å². The van der Waals surface area contributed by atoms with Crippen molar-refractivity contribution in [2.45, 2.75) is 62.8 Å². The molecule has 0 aromatic heterocycles. The number of carboxylic acids is 1.